The fraction of sp³-hybridized carbons (Fsp3) is 0.444. The van der Waals surface area contributed by atoms with Gasteiger partial charge in [-0.05, 0) is 80.1 Å². The van der Waals surface area contributed by atoms with Crippen LogP contribution in [0.2, 0.25) is 5.02 Å². The average molecular weight is 733 g/mol. The maximum absolute atomic E-state index is 14.4. The van der Waals surface area contributed by atoms with Crippen molar-refractivity contribution in [3.05, 3.63) is 89.0 Å². The van der Waals surface area contributed by atoms with Gasteiger partial charge in [-0.1, -0.05) is 36.2 Å². The van der Waals surface area contributed by atoms with Crippen LogP contribution in [-0.4, -0.2) is 95.8 Å². The topological polar surface area (TPSA) is 124 Å². The minimum absolute atomic E-state index is 0.00225. The minimum atomic E-state index is -0.687. The standard InChI is InChI=1S/C36H43ClF2N4O8/c37-31-8-4-3-7-26(31)24-42(29-10-11-29)35(44)33-25-40(36(45)50-19-5-1-2-6-20-51-43(46)47)17-18-41(33)28-12-14-30(15-13-28)48-21-22-49-34-23-27(38)9-16-32(34)39/h3-4,7-9,12-16,23,29,33,46-47H,1-2,5-6,10-11,17-22,24-25H2/t33-/m1/s1. The zero-order valence-electron chi connectivity index (χ0n) is 28.2. The second-order valence-electron chi connectivity index (χ2n) is 12.3. The van der Waals surface area contributed by atoms with Crippen LogP contribution in [0.3, 0.4) is 0 Å². The van der Waals surface area contributed by atoms with Crippen LogP contribution < -0.4 is 14.4 Å². The fourth-order valence-electron chi connectivity index (χ4n) is 5.83. The number of benzene rings is 3. The molecule has 1 aliphatic heterocycles. The number of carbonyl (C=O) groups excluding carboxylic acids is 2. The number of carbonyl (C=O) groups is 2. The number of hydrogen-bond donors (Lipinski definition) is 2. The predicted octanol–water partition coefficient (Wildman–Crippen LogP) is 6.47. The molecule has 51 heavy (non-hydrogen) atoms. The summed E-state index contributed by atoms with van der Waals surface area (Å²) < 4.78 is 43.9. The quantitative estimate of drug-likeness (QED) is 0.111. The molecule has 3 aromatic carbocycles. The summed E-state index contributed by atoms with van der Waals surface area (Å²) in [7, 11) is 0. The SMILES string of the molecule is O=C(OCCCCCCON(O)O)N1CCN(c2ccc(OCCOc3cc(F)ccc3F)cc2)[C@@H](C(=O)N(Cc2ccccc2Cl)C2CC2)C1. The van der Waals surface area contributed by atoms with Gasteiger partial charge in [0.1, 0.15) is 30.8 Å². The molecule has 1 atom stereocenters. The van der Waals surface area contributed by atoms with E-state index < -0.39 is 23.8 Å². The lowest BCUT2D eigenvalue weighted by Crippen LogP contribution is -2.61. The highest BCUT2D eigenvalue weighted by Crippen LogP contribution is 2.33. The summed E-state index contributed by atoms with van der Waals surface area (Å²) in [6, 6.07) is 17.1. The van der Waals surface area contributed by atoms with Crippen LogP contribution in [0, 0.1) is 11.6 Å². The van der Waals surface area contributed by atoms with Crippen LogP contribution in [-0.2, 0) is 20.9 Å². The monoisotopic (exact) mass is 732 g/mol. The molecule has 2 aliphatic rings. The normalized spacial score (nSPS) is 15.9. The predicted molar refractivity (Wildman–Crippen MR) is 183 cm³/mol. The summed E-state index contributed by atoms with van der Waals surface area (Å²) >= 11 is 6.49. The molecular weight excluding hydrogens is 690 g/mol. The van der Waals surface area contributed by atoms with Crippen LogP contribution in [0.15, 0.2) is 66.7 Å². The van der Waals surface area contributed by atoms with Crippen molar-refractivity contribution in [3.63, 3.8) is 0 Å². The molecule has 2 amide bonds. The molecule has 276 valence electrons. The number of hydrogen-bond acceptors (Lipinski definition) is 10. The first-order valence-corrected chi connectivity index (χ1v) is 17.4. The molecule has 12 nitrogen and oxygen atoms in total. The molecule has 5 rings (SSSR count). The Hall–Kier alpha value is -4.21. The zero-order valence-corrected chi connectivity index (χ0v) is 28.9. The molecule has 0 aromatic heterocycles. The number of amides is 2. The molecular formula is C36H43ClF2N4O8. The largest absolute Gasteiger partial charge is 0.490 e. The van der Waals surface area contributed by atoms with E-state index in [1.165, 1.54) is 0 Å². The van der Waals surface area contributed by atoms with Crippen LogP contribution in [0.5, 0.6) is 11.5 Å². The molecule has 15 heteroatoms. The highest BCUT2D eigenvalue weighted by atomic mass is 35.5. The molecule has 1 heterocycles. The Morgan fingerprint density at radius 3 is 2.31 bits per heavy atom. The van der Waals surface area contributed by atoms with E-state index in [2.05, 4.69) is 4.84 Å². The number of anilines is 1. The van der Waals surface area contributed by atoms with Crippen molar-refractivity contribution in [2.45, 2.75) is 57.2 Å². The van der Waals surface area contributed by atoms with Crippen molar-refractivity contribution < 1.29 is 47.8 Å². The van der Waals surface area contributed by atoms with E-state index in [-0.39, 0.29) is 56.1 Å². The maximum atomic E-state index is 14.4. The Kier molecular flexibility index (Phi) is 14.1. The maximum Gasteiger partial charge on any atom is 0.409 e. The number of nitrogens with zero attached hydrogens (tertiary/aromatic N) is 4. The van der Waals surface area contributed by atoms with Gasteiger partial charge in [-0.25, -0.2) is 13.6 Å². The molecule has 2 N–H and O–H groups in total. The minimum Gasteiger partial charge on any atom is -0.490 e. The van der Waals surface area contributed by atoms with Gasteiger partial charge in [0.15, 0.2) is 11.6 Å². The van der Waals surface area contributed by atoms with E-state index in [1.807, 2.05) is 40.1 Å². The second-order valence-corrected chi connectivity index (χ2v) is 12.7. The first-order valence-electron chi connectivity index (χ1n) is 17.0. The molecule has 1 saturated heterocycles. The summed E-state index contributed by atoms with van der Waals surface area (Å²) in [4.78, 5) is 37.5. The second kappa shape index (κ2) is 18.9. The van der Waals surface area contributed by atoms with Gasteiger partial charge in [-0.2, -0.15) is 0 Å². The van der Waals surface area contributed by atoms with Crippen molar-refractivity contribution in [2.75, 3.05) is 51.0 Å². The lowest BCUT2D eigenvalue weighted by atomic mass is 10.1. The van der Waals surface area contributed by atoms with Crippen molar-refractivity contribution >= 4 is 29.3 Å². The molecule has 1 aliphatic carbocycles. The number of unbranched alkanes of at least 4 members (excludes halogenated alkanes) is 3. The Labute approximate surface area is 300 Å². The lowest BCUT2D eigenvalue weighted by Gasteiger charge is -2.43. The number of piperazine rings is 1. The molecule has 0 bridgehead atoms. The van der Waals surface area contributed by atoms with Crippen molar-refractivity contribution in [1.82, 2.24) is 15.2 Å². The van der Waals surface area contributed by atoms with E-state index in [1.54, 1.807) is 23.1 Å². The number of rotatable bonds is 18. The number of ether oxygens (including phenoxy) is 3. The molecule has 0 radical (unpaired) electrons. The van der Waals surface area contributed by atoms with Gasteiger partial charge < -0.3 is 28.9 Å². The summed E-state index contributed by atoms with van der Waals surface area (Å²) in [5, 5.41) is 17.4. The molecule has 0 spiro atoms. The van der Waals surface area contributed by atoms with Gasteiger partial charge in [0.25, 0.3) is 0 Å². The van der Waals surface area contributed by atoms with E-state index in [9.17, 15) is 18.4 Å². The summed E-state index contributed by atoms with van der Waals surface area (Å²) in [5.74, 6) is -1.03. The van der Waals surface area contributed by atoms with Gasteiger partial charge in [-0.3, -0.25) is 20.0 Å². The van der Waals surface area contributed by atoms with Gasteiger partial charge in [0, 0.05) is 42.5 Å². The first kappa shape index (κ1) is 38.0. The highest BCUT2D eigenvalue weighted by molar-refractivity contribution is 6.31. The van der Waals surface area contributed by atoms with Gasteiger partial charge >= 0.3 is 6.09 Å². The van der Waals surface area contributed by atoms with Gasteiger partial charge in [0.05, 0.1) is 25.1 Å². The molecule has 0 unspecified atom stereocenters. The lowest BCUT2D eigenvalue weighted by molar-refractivity contribution is -0.492. The van der Waals surface area contributed by atoms with Crippen molar-refractivity contribution in [3.8, 4) is 11.5 Å². The summed E-state index contributed by atoms with van der Waals surface area (Å²) in [5.41, 5.74) is 1.62. The smallest absolute Gasteiger partial charge is 0.409 e. The van der Waals surface area contributed by atoms with Crippen molar-refractivity contribution in [2.24, 2.45) is 0 Å². The van der Waals surface area contributed by atoms with E-state index >= 15 is 0 Å². The Balaban J connectivity index is 1.21. The fourth-order valence-corrected chi connectivity index (χ4v) is 6.03. The summed E-state index contributed by atoms with van der Waals surface area (Å²) in [6.45, 7) is 1.69. The third-order valence-corrected chi connectivity index (χ3v) is 9.00. The van der Waals surface area contributed by atoms with Crippen LogP contribution >= 0.6 is 11.6 Å². The zero-order chi connectivity index (χ0) is 36.2. The Morgan fingerprint density at radius 2 is 1.59 bits per heavy atom. The average Bonchev–Trinajstić information content (AvgIpc) is 3.97. The Morgan fingerprint density at radius 1 is 0.863 bits per heavy atom. The van der Waals surface area contributed by atoms with Crippen molar-refractivity contribution in [1.29, 1.82) is 0 Å². The third-order valence-electron chi connectivity index (χ3n) is 8.64. The van der Waals surface area contributed by atoms with Gasteiger partial charge in [-0.15, -0.1) is 0 Å². The van der Waals surface area contributed by atoms with E-state index in [4.69, 9.17) is 36.2 Å². The third kappa shape index (κ3) is 11.4. The first-order chi connectivity index (χ1) is 24.7. The van der Waals surface area contributed by atoms with Gasteiger partial charge in [0.2, 0.25) is 5.91 Å². The van der Waals surface area contributed by atoms with Crippen LogP contribution in [0.1, 0.15) is 44.1 Å². The molecule has 1 saturated carbocycles. The summed E-state index contributed by atoms with van der Waals surface area (Å²) in [6.07, 6.45) is 4.06. The number of halogens is 3. The molecule has 2 fully saturated rings. The van der Waals surface area contributed by atoms with E-state index in [0.29, 0.717) is 43.2 Å². The van der Waals surface area contributed by atoms with E-state index in [0.717, 1.165) is 55.1 Å². The van der Waals surface area contributed by atoms with Crippen LogP contribution in [0.25, 0.3) is 0 Å². The van der Waals surface area contributed by atoms with Crippen LogP contribution in [0.4, 0.5) is 19.3 Å². The highest BCUT2D eigenvalue weighted by Gasteiger charge is 2.42. The molecule has 3 aromatic rings. The Bertz CT molecular complexity index is 1580.